The van der Waals surface area contributed by atoms with Crippen LogP contribution >= 0.6 is 12.4 Å². The fourth-order valence-electron chi connectivity index (χ4n) is 4.42. The molecule has 2 heterocycles. The third-order valence-electron chi connectivity index (χ3n) is 6.20. The van der Waals surface area contributed by atoms with Crippen molar-refractivity contribution in [1.29, 1.82) is 0 Å². The molecule has 4 rings (SSSR count). The van der Waals surface area contributed by atoms with Gasteiger partial charge >= 0.3 is 0 Å². The van der Waals surface area contributed by atoms with Gasteiger partial charge in [-0.25, -0.2) is 0 Å². The highest BCUT2D eigenvalue weighted by atomic mass is 35.5. The molecule has 0 radical (unpaired) electrons. The van der Waals surface area contributed by atoms with E-state index < -0.39 is 6.10 Å². The van der Waals surface area contributed by atoms with E-state index in [0.717, 1.165) is 50.3 Å². The lowest BCUT2D eigenvalue weighted by atomic mass is 9.88. The Morgan fingerprint density at radius 3 is 2.37 bits per heavy atom. The smallest absolute Gasteiger partial charge is 0.255 e. The largest absolute Gasteiger partial charge is 0.497 e. The number of methoxy groups -OCH3 is 1. The number of likely N-dealkylation sites (tertiary alicyclic amines) is 1. The SMILES string of the molecule is COc1ccc(N2CC3(CCN(CCc4ccccc4)CC3)OC(C)C2=O)cc1.Cl. The van der Waals surface area contributed by atoms with Crippen molar-refractivity contribution in [3.63, 3.8) is 0 Å². The number of anilines is 1. The van der Waals surface area contributed by atoms with E-state index in [1.165, 1.54) is 5.56 Å². The Hall–Kier alpha value is -2.08. The van der Waals surface area contributed by atoms with Crippen LogP contribution in [0.5, 0.6) is 5.75 Å². The number of carbonyl (C=O) groups is 1. The number of hydrogen-bond donors (Lipinski definition) is 0. The van der Waals surface area contributed by atoms with Gasteiger partial charge in [0.15, 0.2) is 0 Å². The molecular formula is C24H31ClN2O3. The summed E-state index contributed by atoms with van der Waals surface area (Å²) in [7, 11) is 1.65. The summed E-state index contributed by atoms with van der Waals surface area (Å²) in [5.41, 5.74) is 2.04. The van der Waals surface area contributed by atoms with E-state index in [4.69, 9.17) is 9.47 Å². The predicted octanol–water partition coefficient (Wildman–Crippen LogP) is 3.95. The predicted molar refractivity (Wildman–Crippen MR) is 122 cm³/mol. The third-order valence-corrected chi connectivity index (χ3v) is 6.20. The maximum atomic E-state index is 12.8. The highest BCUT2D eigenvalue weighted by Crippen LogP contribution is 2.35. The topological polar surface area (TPSA) is 42.0 Å². The van der Waals surface area contributed by atoms with Gasteiger partial charge in [-0.2, -0.15) is 0 Å². The number of piperidine rings is 1. The van der Waals surface area contributed by atoms with E-state index in [1.807, 2.05) is 36.1 Å². The number of ether oxygens (including phenoxy) is 2. The van der Waals surface area contributed by atoms with Gasteiger partial charge in [0.1, 0.15) is 11.9 Å². The van der Waals surface area contributed by atoms with E-state index in [-0.39, 0.29) is 23.9 Å². The summed E-state index contributed by atoms with van der Waals surface area (Å²) in [6.45, 7) is 5.57. The van der Waals surface area contributed by atoms with Gasteiger partial charge in [0.05, 0.1) is 19.3 Å². The quantitative estimate of drug-likeness (QED) is 0.720. The van der Waals surface area contributed by atoms with E-state index in [9.17, 15) is 4.79 Å². The zero-order chi connectivity index (χ0) is 20.3. The van der Waals surface area contributed by atoms with Gasteiger partial charge in [-0.15, -0.1) is 12.4 Å². The number of morpholine rings is 1. The molecule has 1 amide bonds. The summed E-state index contributed by atoms with van der Waals surface area (Å²) in [6, 6.07) is 18.4. The molecule has 2 aliphatic heterocycles. The lowest BCUT2D eigenvalue weighted by molar-refractivity contribution is -0.161. The summed E-state index contributed by atoms with van der Waals surface area (Å²) < 4.78 is 11.5. The molecule has 1 atom stereocenters. The summed E-state index contributed by atoms with van der Waals surface area (Å²) in [4.78, 5) is 17.2. The molecule has 2 fully saturated rings. The normalized spacial score (nSPS) is 21.3. The standard InChI is InChI=1S/C24H30N2O3.ClH/c1-19-23(27)26(21-8-10-22(28-2)11-9-21)18-24(29-19)13-16-25(17-14-24)15-12-20-6-4-3-5-7-20;/h3-11,19H,12-18H2,1-2H3;1H. The number of halogens is 1. The summed E-state index contributed by atoms with van der Waals surface area (Å²) in [6.07, 6.45) is 2.56. The molecule has 1 unspecified atom stereocenters. The van der Waals surface area contributed by atoms with Gasteiger partial charge in [-0.1, -0.05) is 30.3 Å². The lowest BCUT2D eigenvalue weighted by Crippen LogP contribution is -2.61. The van der Waals surface area contributed by atoms with E-state index >= 15 is 0 Å². The highest BCUT2D eigenvalue weighted by molar-refractivity contribution is 5.97. The molecule has 2 aromatic rings. The molecule has 2 aromatic carbocycles. The summed E-state index contributed by atoms with van der Waals surface area (Å²) >= 11 is 0. The average molecular weight is 431 g/mol. The minimum Gasteiger partial charge on any atom is -0.497 e. The highest BCUT2D eigenvalue weighted by Gasteiger charge is 2.45. The molecule has 0 aliphatic carbocycles. The van der Waals surface area contributed by atoms with Crippen molar-refractivity contribution in [3.8, 4) is 5.75 Å². The fourth-order valence-corrected chi connectivity index (χ4v) is 4.42. The molecule has 1 spiro atoms. The van der Waals surface area contributed by atoms with Crippen LogP contribution in [0.3, 0.4) is 0 Å². The number of rotatable bonds is 5. The minimum absolute atomic E-state index is 0. The van der Waals surface area contributed by atoms with E-state index in [2.05, 4.69) is 35.2 Å². The lowest BCUT2D eigenvalue weighted by Gasteiger charge is -2.49. The first kappa shape index (κ1) is 22.6. The van der Waals surface area contributed by atoms with Gasteiger partial charge < -0.3 is 19.3 Å². The average Bonchev–Trinajstić information content (AvgIpc) is 2.77. The Labute approximate surface area is 185 Å². The van der Waals surface area contributed by atoms with Crippen LogP contribution in [0.2, 0.25) is 0 Å². The second kappa shape index (κ2) is 9.82. The molecule has 0 N–H and O–H groups in total. The number of amides is 1. The maximum absolute atomic E-state index is 12.8. The zero-order valence-corrected chi connectivity index (χ0v) is 18.6. The van der Waals surface area contributed by atoms with Gasteiger partial charge in [-0.3, -0.25) is 4.79 Å². The first-order chi connectivity index (χ1) is 14.1. The minimum atomic E-state index is -0.415. The number of hydrogen-bond acceptors (Lipinski definition) is 4. The van der Waals surface area contributed by atoms with Crippen molar-refractivity contribution in [1.82, 2.24) is 4.90 Å². The maximum Gasteiger partial charge on any atom is 0.255 e. The van der Waals surface area contributed by atoms with Crippen LogP contribution < -0.4 is 9.64 Å². The van der Waals surface area contributed by atoms with Crippen LogP contribution in [0, 0.1) is 0 Å². The number of nitrogens with zero attached hydrogens (tertiary/aromatic N) is 2. The van der Waals surface area contributed by atoms with Crippen molar-refractivity contribution in [2.45, 2.75) is 37.9 Å². The first-order valence-electron chi connectivity index (χ1n) is 10.5. The van der Waals surface area contributed by atoms with Crippen LogP contribution in [0.15, 0.2) is 54.6 Å². The van der Waals surface area contributed by atoms with Crippen LogP contribution in [0.1, 0.15) is 25.3 Å². The molecular weight excluding hydrogens is 400 g/mol. The number of benzene rings is 2. The van der Waals surface area contributed by atoms with Crippen LogP contribution in [-0.4, -0.2) is 55.8 Å². The summed E-state index contributed by atoms with van der Waals surface area (Å²) in [5.74, 6) is 0.830. The Bertz CT molecular complexity index is 820. The van der Waals surface area contributed by atoms with E-state index in [1.54, 1.807) is 7.11 Å². The molecule has 30 heavy (non-hydrogen) atoms. The zero-order valence-electron chi connectivity index (χ0n) is 17.8. The van der Waals surface area contributed by atoms with Crippen molar-refractivity contribution in [2.24, 2.45) is 0 Å². The van der Waals surface area contributed by atoms with Crippen LogP contribution in [-0.2, 0) is 16.0 Å². The van der Waals surface area contributed by atoms with Crippen LogP contribution in [0.25, 0.3) is 0 Å². The summed E-state index contributed by atoms with van der Waals surface area (Å²) in [5, 5.41) is 0. The molecule has 2 saturated heterocycles. The monoisotopic (exact) mass is 430 g/mol. The Kier molecular flexibility index (Phi) is 7.40. The van der Waals surface area contributed by atoms with E-state index in [0.29, 0.717) is 6.54 Å². The van der Waals surface area contributed by atoms with Gasteiger partial charge in [0, 0.05) is 25.3 Å². The number of carbonyl (C=O) groups excluding carboxylic acids is 1. The molecule has 162 valence electrons. The molecule has 0 aromatic heterocycles. The van der Waals surface area contributed by atoms with Crippen molar-refractivity contribution in [2.75, 3.05) is 38.2 Å². The molecule has 0 bridgehead atoms. The van der Waals surface area contributed by atoms with Gasteiger partial charge in [0.2, 0.25) is 0 Å². The third kappa shape index (κ3) is 4.97. The fraction of sp³-hybridized carbons (Fsp3) is 0.458. The Balaban J connectivity index is 0.00000256. The van der Waals surface area contributed by atoms with Crippen molar-refractivity contribution >= 4 is 24.0 Å². The van der Waals surface area contributed by atoms with Crippen molar-refractivity contribution in [3.05, 3.63) is 60.2 Å². The first-order valence-corrected chi connectivity index (χ1v) is 10.5. The molecule has 2 aliphatic rings. The Morgan fingerprint density at radius 2 is 1.73 bits per heavy atom. The second-order valence-corrected chi connectivity index (χ2v) is 8.14. The van der Waals surface area contributed by atoms with Gasteiger partial charge in [0.25, 0.3) is 5.91 Å². The van der Waals surface area contributed by atoms with Crippen LogP contribution in [0.4, 0.5) is 5.69 Å². The van der Waals surface area contributed by atoms with Gasteiger partial charge in [-0.05, 0) is 56.0 Å². The molecule has 0 saturated carbocycles. The second-order valence-electron chi connectivity index (χ2n) is 8.14. The Morgan fingerprint density at radius 1 is 1.07 bits per heavy atom. The van der Waals surface area contributed by atoms with Crippen molar-refractivity contribution < 1.29 is 14.3 Å². The molecule has 5 nitrogen and oxygen atoms in total. The molecule has 6 heteroatoms.